The lowest BCUT2D eigenvalue weighted by Gasteiger charge is -2.62. The second-order valence-electron chi connectivity index (χ2n) is 13.7. The van der Waals surface area contributed by atoms with Gasteiger partial charge in [0.2, 0.25) is 0 Å². The summed E-state index contributed by atoms with van der Waals surface area (Å²) in [6, 6.07) is 0. The standard InChI is InChI=1S/C31H46O6/c1-18-28(33)25(34-5)15-27(36-18)37-20-8-13-31(4)24-10-12-30(3)22(19-14-26(32)35-17-19)6-7-23(30)21(24)9-11-29(31,2)16-20/h14,18,20,22,24-25,27-28,33H,6-13,15-17H2,1-5H3. The molecule has 4 aliphatic carbocycles. The Morgan fingerprint density at radius 3 is 2.59 bits per heavy atom. The summed E-state index contributed by atoms with van der Waals surface area (Å²) in [7, 11) is 1.66. The van der Waals surface area contributed by atoms with E-state index in [0.717, 1.165) is 19.3 Å². The van der Waals surface area contributed by atoms with E-state index >= 15 is 0 Å². The smallest absolute Gasteiger partial charge is 0.331 e. The van der Waals surface area contributed by atoms with Crippen molar-refractivity contribution >= 4 is 5.97 Å². The Morgan fingerprint density at radius 1 is 1.05 bits per heavy atom. The highest BCUT2D eigenvalue weighted by Gasteiger charge is 2.60. The molecule has 2 heterocycles. The predicted octanol–water partition coefficient (Wildman–Crippen LogP) is 5.48. The van der Waals surface area contributed by atoms with Gasteiger partial charge in [0.05, 0.1) is 18.3 Å². The second-order valence-corrected chi connectivity index (χ2v) is 13.7. The van der Waals surface area contributed by atoms with E-state index in [0.29, 0.717) is 24.9 Å². The molecule has 0 spiro atoms. The lowest BCUT2D eigenvalue weighted by Crippen LogP contribution is -2.55. The molecule has 0 aromatic heterocycles. The normalized spacial score (nSPS) is 49.7. The molecule has 10 atom stereocenters. The lowest BCUT2D eigenvalue weighted by atomic mass is 9.43. The van der Waals surface area contributed by atoms with E-state index in [2.05, 4.69) is 20.8 Å². The molecule has 10 unspecified atom stereocenters. The average Bonchev–Trinajstić information content (AvgIpc) is 3.44. The molecule has 0 bridgehead atoms. The maximum Gasteiger partial charge on any atom is 0.331 e. The number of rotatable bonds is 4. The highest BCUT2D eigenvalue weighted by molar-refractivity contribution is 5.85. The van der Waals surface area contributed by atoms with Crippen molar-refractivity contribution in [3.63, 3.8) is 0 Å². The molecule has 37 heavy (non-hydrogen) atoms. The molecule has 0 aromatic rings. The van der Waals surface area contributed by atoms with E-state index in [1.54, 1.807) is 24.3 Å². The van der Waals surface area contributed by atoms with Gasteiger partial charge < -0.3 is 24.1 Å². The molecule has 0 amide bonds. The Labute approximate surface area is 222 Å². The first-order chi connectivity index (χ1) is 17.6. The van der Waals surface area contributed by atoms with Crippen LogP contribution in [0.4, 0.5) is 0 Å². The van der Waals surface area contributed by atoms with Crippen LogP contribution in [-0.2, 0) is 23.7 Å². The van der Waals surface area contributed by atoms with Gasteiger partial charge in [0.25, 0.3) is 0 Å². The molecule has 2 aliphatic heterocycles. The van der Waals surface area contributed by atoms with E-state index in [4.69, 9.17) is 18.9 Å². The van der Waals surface area contributed by atoms with E-state index in [9.17, 15) is 9.90 Å². The molecule has 1 N–H and O–H groups in total. The number of fused-ring (bicyclic) bond motifs is 4. The molecule has 3 saturated carbocycles. The van der Waals surface area contributed by atoms with E-state index < -0.39 is 6.10 Å². The molecule has 6 heteroatoms. The van der Waals surface area contributed by atoms with Gasteiger partial charge in [-0.15, -0.1) is 0 Å². The number of allylic oxidation sites excluding steroid dienone is 2. The molecular formula is C31H46O6. The van der Waals surface area contributed by atoms with Crippen LogP contribution in [0, 0.1) is 28.1 Å². The monoisotopic (exact) mass is 514 g/mol. The van der Waals surface area contributed by atoms with Gasteiger partial charge >= 0.3 is 5.97 Å². The second kappa shape index (κ2) is 9.18. The van der Waals surface area contributed by atoms with Crippen molar-refractivity contribution in [2.45, 2.75) is 123 Å². The largest absolute Gasteiger partial charge is 0.458 e. The Hall–Kier alpha value is -1.21. The molecule has 6 aliphatic rings. The molecule has 4 fully saturated rings. The third kappa shape index (κ3) is 3.99. The van der Waals surface area contributed by atoms with E-state index in [1.165, 1.54) is 44.1 Å². The van der Waals surface area contributed by atoms with Crippen molar-refractivity contribution in [3.8, 4) is 0 Å². The van der Waals surface area contributed by atoms with Crippen LogP contribution in [0.25, 0.3) is 0 Å². The maximum absolute atomic E-state index is 11.8. The number of carbonyl (C=O) groups excluding carboxylic acids is 1. The molecule has 0 aromatic carbocycles. The molecule has 206 valence electrons. The minimum Gasteiger partial charge on any atom is -0.458 e. The Morgan fingerprint density at radius 2 is 1.86 bits per heavy atom. The Kier molecular flexibility index (Phi) is 6.46. The zero-order valence-electron chi connectivity index (χ0n) is 23.4. The minimum absolute atomic E-state index is 0.157. The van der Waals surface area contributed by atoms with Crippen LogP contribution in [0.5, 0.6) is 0 Å². The van der Waals surface area contributed by atoms with Crippen molar-refractivity contribution in [1.29, 1.82) is 0 Å². The summed E-state index contributed by atoms with van der Waals surface area (Å²) < 4.78 is 23.4. The maximum atomic E-state index is 11.8. The topological polar surface area (TPSA) is 74.2 Å². The number of carbonyl (C=O) groups is 1. The number of hydrogen-bond acceptors (Lipinski definition) is 6. The predicted molar refractivity (Wildman–Crippen MR) is 140 cm³/mol. The van der Waals surface area contributed by atoms with Gasteiger partial charge in [0.1, 0.15) is 12.7 Å². The van der Waals surface area contributed by atoms with Crippen LogP contribution in [0.2, 0.25) is 0 Å². The van der Waals surface area contributed by atoms with Crippen LogP contribution in [0.15, 0.2) is 22.8 Å². The number of aliphatic hydroxyl groups is 1. The van der Waals surface area contributed by atoms with Gasteiger partial charge in [0, 0.05) is 19.6 Å². The average molecular weight is 515 g/mol. The van der Waals surface area contributed by atoms with E-state index in [-0.39, 0.29) is 46.8 Å². The lowest BCUT2D eigenvalue weighted by molar-refractivity contribution is -0.273. The third-order valence-corrected chi connectivity index (χ3v) is 12.1. The first-order valence-electron chi connectivity index (χ1n) is 14.7. The summed E-state index contributed by atoms with van der Waals surface area (Å²) in [6.07, 6.45) is 11.6. The van der Waals surface area contributed by atoms with E-state index in [1.807, 2.05) is 6.92 Å². The van der Waals surface area contributed by atoms with Gasteiger partial charge in [-0.2, -0.15) is 0 Å². The van der Waals surface area contributed by atoms with Crippen LogP contribution in [-0.4, -0.2) is 55.5 Å². The van der Waals surface area contributed by atoms with Gasteiger partial charge in [-0.3, -0.25) is 0 Å². The summed E-state index contributed by atoms with van der Waals surface area (Å²) in [5, 5.41) is 10.3. The number of esters is 1. The van der Waals surface area contributed by atoms with Crippen molar-refractivity contribution in [3.05, 3.63) is 22.8 Å². The molecule has 6 rings (SSSR count). The zero-order valence-corrected chi connectivity index (χ0v) is 23.4. The quantitative estimate of drug-likeness (QED) is 0.304. The van der Waals surface area contributed by atoms with Crippen LogP contribution in [0.3, 0.4) is 0 Å². The fourth-order valence-electron chi connectivity index (χ4n) is 9.65. The molecular weight excluding hydrogens is 468 g/mol. The minimum atomic E-state index is -0.605. The van der Waals surface area contributed by atoms with Crippen molar-refractivity contribution < 1.29 is 28.8 Å². The fourth-order valence-corrected chi connectivity index (χ4v) is 9.65. The first-order valence-corrected chi connectivity index (χ1v) is 14.7. The number of cyclic esters (lactones) is 1. The highest BCUT2D eigenvalue weighted by Crippen LogP contribution is 2.69. The fraction of sp³-hybridized carbons (Fsp3) is 0.839. The zero-order chi connectivity index (χ0) is 26.2. The van der Waals surface area contributed by atoms with Gasteiger partial charge in [-0.05, 0) is 98.4 Å². The highest BCUT2D eigenvalue weighted by atomic mass is 16.7. The van der Waals surface area contributed by atoms with Crippen LogP contribution >= 0.6 is 0 Å². The summed E-state index contributed by atoms with van der Waals surface area (Å²) in [4.78, 5) is 11.8. The van der Waals surface area contributed by atoms with Gasteiger partial charge in [-0.1, -0.05) is 31.9 Å². The number of methoxy groups -OCH3 is 1. The van der Waals surface area contributed by atoms with Crippen LogP contribution < -0.4 is 0 Å². The Bertz CT molecular complexity index is 1000. The van der Waals surface area contributed by atoms with Crippen LogP contribution in [0.1, 0.15) is 91.9 Å². The number of ether oxygens (including phenoxy) is 4. The first kappa shape index (κ1) is 26.0. The third-order valence-electron chi connectivity index (χ3n) is 12.1. The van der Waals surface area contributed by atoms with Crippen molar-refractivity contribution in [1.82, 2.24) is 0 Å². The Balaban J connectivity index is 1.19. The molecule has 0 radical (unpaired) electrons. The SMILES string of the molecule is COC1CC(OC2CCC3(C)C4CCC5(C)C(=C4CCC3(C)C2)CCC5C2=CC(=O)OC2)OC(C)C1O. The number of hydrogen-bond donors (Lipinski definition) is 1. The molecule has 1 saturated heterocycles. The van der Waals surface area contributed by atoms with Crippen molar-refractivity contribution in [2.75, 3.05) is 13.7 Å². The van der Waals surface area contributed by atoms with Gasteiger partial charge in [0.15, 0.2) is 6.29 Å². The summed E-state index contributed by atoms with van der Waals surface area (Å²) >= 11 is 0. The summed E-state index contributed by atoms with van der Waals surface area (Å²) in [6.45, 7) is 9.97. The summed E-state index contributed by atoms with van der Waals surface area (Å²) in [5.74, 6) is 0.957. The number of aliphatic hydroxyl groups excluding tert-OH is 1. The molecule has 6 nitrogen and oxygen atoms in total. The van der Waals surface area contributed by atoms with Crippen molar-refractivity contribution in [2.24, 2.45) is 28.1 Å². The van der Waals surface area contributed by atoms with Gasteiger partial charge in [-0.25, -0.2) is 4.79 Å². The summed E-state index contributed by atoms with van der Waals surface area (Å²) in [5.41, 5.74) is 5.43.